The van der Waals surface area contributed by atoms with E-state index in [1.807, 2.05) is 12.1 Å². The van der Waals surface area contributed by atoms with Crippen LogP contribution in [0.25, 0.3) is 0 Å². The van der Waals surface area contributed by atoms with Gasteiger partial charge in [0.15, 0.2) is 0 Å². The molecule has 1 aromatic carbocycles. The Bertz CT molecular complexity index is 243. The second-order valence-electron chi connectivity index (χ2n) is 3.46. The van der Waals surface area contributed by atoms with Crippen LogP contribution in [0.3, 0.4) is 0 Å². The van der Waals surface area contributed by atoms with Crippen molar-refractivity contribution >= 4 is 5.69 Å². The fraction of sp³-hybridized carbons (Fsp3) is 0.500. The van der Waals surface area contributed by atoms with Crippen LogP contribution >= 0.6 is 0 Å². The van der Waals surface area contributed by atoms with Crippen molar-refractivity contribution in [3.05, 3.63) is 29.8 Å². The van der Waals surface area contributed by atoms with E-state index in [1.54, 1.807) is 0 Å². The van der Waals surface area contributed by atoms with Crippen molar-refractivity contribution in [1.29, 1.82) is 0 Å². The third kappa shape index (κ3) is 3.97. The van der Waals surface area contributed by atoms with Crippen LogP contribution in [0.15, 0.2) is 18.2 Å². The van der Waals surface area contributed by atoms with Crippen molar-refractivity contribution in [2.24, 2.45) is 0 Å². The van der Waals surface area contributed by atoms with E-state index in [4.69, 9.17) is 5.73 Å². The lowest BCUT2D eigenvalue weighted by Gasteiger charge is -2.01. The van der Waals surface area contributed by atoms with Crippen LogP contribution in [0.2, 0.25) is 0 Å². The van der Waals surface area contributed by atoms with E-state index < -0.39 is 0 Å². The highest BCUT2D eigenvalue weighted by atomic mass is 14.5. The summed E-state index contributed by atoms with van der Waals surface area (Å²) < 4.78 is 0. The number of nitrogen functional groups attached to an aromatic ring is 1. The quantitative estimate of drug-likeness (QED) is 0.541. The molecule has 1 nitrogen and oxygen atoms in total. The van der Waals surface area contributed by atoms with Gasteiger partial charge in [-0.15, -0.1) is 0 Å². The molecule has 13 heavy (non-hydrogen) atoms. The maximum absolute atomic E-state index is 5.63. The standard InChI is InChI=1S/C12H18N/c1-2-3-4-5-7-11-8-6-9-12(13)10-11/h6,8,10H,2-5,7,13H2,1H3. The molecule has 1 rings (SSSR count). The van der Waals surface area contributed by atoms with Gasteiger partial charge in [-0.2, -0.15) is 0 Å². The smallest absolute Gasteiger partial charge is 0.0397 e. The van der Waals surface area contributed by atoms with Gasteiger partial charge < -0.3 is 5.73 Å². The number of hydrogen-bond donors (Lipinski definition) is 1. The van der Waals surface area contributed by atoms with Crippen LogP contribution in [0, 0.1) is 6.07 Å². The molecule has 0 fully saturated rings. The number of anilines is 1. The molecule has 0 aliphatic carbocycles. The lowest BCUT2D eigenvalue weighted by atomic mass is 10.1. The largest absolute Gasteiger partial charge is 0.398 e. The maximum atomic E-state index is 5.63. The Morgan fingerprint density at radius 1 is 1.31 bits per heavy atom. The molecule has 0 amide bonds. The van der Waals surface area contributed by atoms with Crippen LogP contribution in [0.4, 0.5) is 5.69 Å². The van der Waals surface area contributed by atoms with Gasteiger partial charge in [-0.05, 0) is 24.5 Å². The number of rotatable bonds is 5. The minimum atomic E-state index is 0.757. The van der Waals surface area contributed by atoms with Gasteiger partial charge in [0, 0.05) is 11.8 Å². The van der Waals surface area contributed by atoms with Gasteiger partial charge in [0.1, 0.15) is 0 Å². The molecule has 71 valence electrons. The molecule has 0 spiro atoms. The number of unbranched alkanes of at least 4 members (excludes halogenated alkanes) is 3. The number of benzene rings is 1. The molecular formula is C12H18N. The second kappa shape index (κ2) is 5.63. The first kappa shape index (κ1) is 10.1. The minimum Gasteiger partial charge on any atom is -0.398 e. The summed E-state index contributed by atoms with van der Waals surface area (Å²) in [5.41, 5.74) is 7.73. The average molecular weight is 176 g/mol. The van der Waals surface area contributed by atoms with E-state index >= 15 is 0 Å². The van der Waals surface area contributed by atoms with Crippen molar-refractivity contribution in [3.8, 4) is 0 Å². The van der Waals surface area contributed by atoms with Crippen molar-refractivity contribution in [3.63, 3.8) is 0 Å². The van der Waals surface area contributed by atoms with E-state index in [9.17, 15) is 0 Å². The van der Waals surface area contributed by atoms with E-state index in [0.29, 0.717) is 0 Å². The third-order valence-electron chi connectivity index (χ3n) is 2.21. The Labute approximate surface area is 81.0 Å². The molecule has 2 N–H and O–H groups in total. The summed E-state index contributed by atoms with van der Waals surface area (Å²) >= 11 is 0. The normalized spacial score (nSPS) is 10.2. The highest BCUT2D eigenvalue weighted by molar-refractivity contribution is 5.39. The predicted octanol–water partition coefficient (Wildman–Crippen LogP) is 3.19. The van der Waals surface area contributed by atoms with Crippen molar-refractivity contribution in [1.82, 2.24) is 0 Å². The average Bonchev–Trinajstić information content (AvgIpc) is 2.13. The highest BCUT2D eigenvalue weighted by Gasteiger charge is 1.93. The van der Waals surface area contributed by atoms with E-state index in [2.05, 4.69) is 19.1 Å². The molecule has 1 radical (unpaired) electrons. The summed E-state index contributed by atoms with van der Waals surface area (Å²) in [4.78, 5) is 0. The molecule has 1 aromatic rings. The van der Waals surface area contributed by atoms with Crippen molar-refractivity contribution in [2.45, 2.75) is 39.0 Å². The first-order valence-electron chi connectivity index (χ1n) is 5.09. The summed E-state index contributed by atoms with van der Waals surface area (Å²) in [6.07, 6.45) is 6.39. The number of hydrogen-bond acceptors (Lipinski definition) is 1. The Morgan fingerprint density at radius 3 is 2.85 bits per heavy atom. The summed E-state index contributed by atoms with van der Waals surface area (Å²) in [5.74, 6) is 0. The molecule has 0 aliphatic heterocycles. The zero-order valence-corrected chi connectivity index (χ0v) is 8.34. The highest BCUT2D eigenvalue weighted by Crippen LogP contribution is 2.10. The van der Waals surface area contributed by atoms with Crippen molar-refractivity contribution < 1.29 is 0 Å². The Hall–Kier alpha value is -0.980. The van der Waals surface area contributed by atoms with Gasteiger partial charge in [0.25, 0.3) is 0 Å². The van der Waals surface area contributed by atoms with Crippen LogP contribution in [0.1, 0.15) is 38.2 Å². The Kier molecular flexibility index (Phi) is 4.37. The fourth-order valence-electron chi connectivity index (χ4n) is 1.45. The zero-order valence-electron chi connectivity index (χ0n) is 8.34. The van der Waals surface area contributed by atoms with E-state index in [1.165, 1.54) is 31.2 Å². The molecule has 0 atom stereocenters. The number of aryl methyl sites for hydroxylation is 1. The van der Waals surface area contributed by atoms with Crippen LogP contribution < -0.4 is 5.73 Å². The number of nitrogens with two attached hydrogens (primary N) is 1. The zero-order chi connectivity index (χ0) is 9.52. The summed E-state index contributed by atoms with van der Waals surface area (Å²) in [6, 6.07) is 8.98. The summed E-state index contributed by atoms with van der Waals surface area (Å²) in [6.45, 7) is 2.23. The molecule has 0 unspecified atom stereocenters. The topological polar surface area (TPSA) is 26.0 Å². The van der Waals surface area contributed by atoms with Crippen molar-refractivity contribution in [2.75, 3.05) is 5.73 Å². The monoisotopic (exact) mass is 176 g/mol. The van der Waals surface area contributed by atoms with Gasteiger partial charge in [-0.1, -0.05) is 38.3 Å². The van der Waals surface area contributed by atoms with E-state index in [0.717, 1.165) is 12.1 Å². The summed E-state index contributed by atoms with van der Waals surface area (Å²) in [7, 11) is 0. The Balaban J connectivity index is 2.28. The first-order valence-corrected chi connectivity index (χ1v) is 5.09. The van der Waals surface area contributed by atoms with E-state index in [-0.39, 0.29) is 0 Å². The lowest BCUT2D eigenvalue weighted by Crippen LogP contribution is -1.89. The first-order chi connectivity index (χ1) is 6.33. The second-order valence-corrected chi connectivity index (χ2v) is 3.46. The molecule has 0 aromatic heterocycles. The molecule has 0 aliphatic rings. The predicted molar refractivity (Wildman–Crippen MR) is 57.5 cm³/mol. The maximum Gasteiger partial charge on any atom is 0.0397 e. The van der Waals surface area contributed by atoms with Gasteiger partial charge in [0.2, 0.25) is 0 Å². The minimum absolute atomic E-state index is 0.757. The van der Waals surface area contributed by atoms with Crippen LogP contribution in [-0.2, 0) is 6.42 Å². The molecular weight excluding hydrogens is 158 g/mol. The molecule has 0 saturated carbocycles. The Morgan fingerprint density at radius 2 is 2.15 bits per heavy atom. The van der Waals surface area contributed by atoms with Gasteiger partial charge >= 0.3 is 0 Å². The summed E-state index contributed by atoms with van der Waals surface area (Å²) in [5, 5.41) is 0. The fourth-order valence-corrected chi connectivity index (χ4v) is 1.45. The third-order valence-corrected chi connectivity index (χ3v) is 2.21. The van der Waals surface area contributed by atoms with Crippen LogP contribution in [-0.4, -0.2) is 0 Å². The van der Waals surface area contributed by atoms with Gasteiger partial charge in [-0.3, -0.25) is 0 Å². The van der Waals surface area contributed by atoms with Gasteiger partial charge in [0.05, 0.1) is 0 Å². The molecule has 0 saturated heterocycles. The molecule has 0 heterocycles. The van der Waals surface area contributed by atoms with Crippen LogP contribution in [0.5, 0.6) is 0 Å². The lowest BCUT2D eigenvalue weighted by molar-refractivity contribution is 0.667. The molecule has 1 heteroatoms. The SMILES string of the molecule is CCCCCCc1cc[c]c(N)c1. The van der Waals surface area contributed by atoms with Gasteiger partial charge in [-0.25, -0.2) is 0 Å². The molecule has 0 bridgehead atoms.